The van der Waals surface area contributed by atoms with E-state index in [2.05, 4.69) is 31.9 Å². The van der Waals surface area contributed by atoms with Crippen molar-refractivity contribution >= 4 is 0 Å². The fraction of sp³-hybridized carbons (Fsp3) is 0.917. The lowest BCUT2D eigenvalue weighted by molar-refractivity contribution is 0.199. The first-order valence-electron chi connectivity index (χ1n) is 5.52. The van der Waals surface area contributed by atoms with Crippen LogP contribution in [-0.2, 0) is 0 Å². The summed E-state index contributed by atoms with van der Waals surface area (Å²) in [5.74, 6) is 0. The molecule has 2 N–H and O–H groups in total. The Labute approximate surface area is 94.2 Å². The van der Waals surface area contributed by atoms with Crippen molar-refractivity contribution in [3.05, 3.63) is 0 Å². The third-order valence-corrected chi connectivity index (χ3v) is 2.67. The van der Waals surface area contributed by atoms with Crippen LogP contribution in [0.15, 0.2) is 0 Å². The average Bonchev–Trinajstić information content (AvgIpc) is 2.15. The lowest BCUT2D eigenvalue weighted by Crippen LogP contribution is -2.37. The molecule has 0 saturated carbocycles. The first-order valence-corrected chi connectivity index (χ1v) is 5.52. The van der Waals surface area contributed by atoms with E-state index in [1.807, 2.05) is 13.8 Å². The Kier molecular flexibility index (Phi) is 5.27. The molecule has 0 aromatic carbocycles. The van der Waals surface area contributed by atoms with Gasteiger partial charge in [-0.3, -0.25) is 0 Å². The molecule has 0 aromatic rings. The highest BCUT2D eigenvalue weighted by molar-refractivity contribution is 4.92. The molecule has 0 amide bonds. The summed E-state index contributed by atoms with van der Waals surface area (Å²) < 4.78 is 0. The van der Waals surface area contributed by atoms with Gasteiger partial charge in [-0.2, -0.15) is 5.26 Å². The molecule has 0 bridgehead atoms. The van der Waals surface area contributed by atoms with Crippen LogP contribution in [0.5, 0.6) is 0 Å². The highest BCUT2D eigenvalue weighted by Gasteiger charge is 2.21. The standard InChI is InChI=1S/C12H25N3/c1-11(2,8-13)6-7-15(5)10-12(3,4)9-14/h6-7,9-10,14H2,1-5H3. The third kappa shape index (κ3) is 6.48. The lowest BCUT2D eigenvalue weighted by Gasteiger charge is -2.30. The quantitative estimate of drug-likeness (QED) is 0.729. The fourth-order valence-corrected chi connectivity index (χ4v) is 1.40. The van der Waals surface area contributed by atoms with E-state index in [0.717, 1.165) is 19.5 Å². The summed E-state index contributed by atoms with van der Waals surface area (Å²) in [4.78, 5) is 2.26. The van der Waals surface area contributed by atoms with Gasteiger partial charge in [-0.05, 0) is 45.8 Å². The van der Waals surface area contributed by atoms with Crippen molar-refractivity contribution in [3.8, 4) is 6.07 Å². The third-order valence-electron chi connectivity index (χ3n) is 2.67. The number of nitrogens with two attached hydrogens (primary N) is 1. The van der Waals surface area contributed by atoms with Gasteiger partial charge in [0.05, 0.1) is 11.5 Å². The molecule has 0 saturated heterocycles. The van der Waals surface area contributed by atoms with Crippen LogP contribution < -0.4 is 5.73 Å². The van der Waals surface area contributed by atoms with E-state index in [1.165, 1.54) is 0 Å². The van der Waals surface area contributed by atoms with Gasteiger partial charge in [-0.15, -0.1) is 0 Å². The molecule has 0 fully saturated rings. The molecule has 0 aromatic heterocycles. The smallest absolute Gasteiger partial charge is 0.0684 e. The molecule has 0 aliphatic rings. The van der Waals surface area contributed by atoms with E-state index in [4.69, 9.17) is 11.0 Å². The lowest BCUT2D eigenvalue weighted by atomic mass is 9.90. The first kappa shape index (κ1) is 14.4. The summed E-state index contributed by atoms with van der Waals surface area (Å²) in [6, 6.07) is 2.32. The van der Waals surface area contributed by atoms with Crippen molar-refractivity contribution in [1.82, 2.24) is 4.90 Å². The largest absolute Gasteiger partial charge is 0.330 e. The van der Waals surface area contributed by atoms with Gasteiger partial charge in [0.1, 0.15) is 0 Å². The Balaban J connectivity index is 3.97. The van der Waals surface area contributed by atoms with Gasteiger partial charge in [0, 0.05) is 6.54 Å². The van der Waals surface area contributed by atoms with Gasteiger partial charge < -0.3 is 10.6 Å². The van der Waals surface area contributed by atoms with Gasteiger partial charge in [0.15, 0.2) is 0 Å². The second-order valence-electron chi connectivity index (χ2n) is 5.85. The normalized spacial score (nSPS) is 12.9. The molecule has 3 nitrogen and oxygen atoms in total. The van der Waals surface area contributed by atoms with Crippen molar-refractivity contribution in [1.29, 1.82) is 5.26 Å². The highest BCUT2D eigenvalue weighted by Crippen LogP contribution is 2.20. The molecule has 0 aliphatic heterocycles. The molecule has 0 spiro atoms. The van der Waals surface area contributed by atoms with Gasteiger partial charge in [-0.1, -0.05) is 13.8 Å². The zero-order chi connectivity index (χ0) is 12.1. The SMILES string of the molecule is CN(CCC(C)(C)C#N)CC(C)(C)CN. The van der Waals surface area contributed by atoms with Crippen molar-refractivity contribution in [3.63, 3.8) is 0 Å². The van der Waals surface area contributed by atoms with Gasteiger partial charge in [0.25, 0.3) is 0 Å². The zero-order valence-corrected chi connectivity index (χ0v) is 10.8. The second-order valence-corrected chi connectivity index (χ2v) is 5.85. The Hall–Kier alpha value is -0.590. The predicted molar refractivity (Wildman–Crippen MR) is 64.3 cm³/mol. The summed E-state index contributed by atoms with van der Waals surface area (Å²) in [5.41, 5.74) is 5.62. The molecular weight excluding hydrogens is 186 g/mol. The molecule has 0 heterocycles. The van der Waals surface area contributed by atoms with E-state index in [1.54, 1.807) is 0 Å². The van der Waals surface area contributed by atoms with Gasteiger partial charge in [-0.25, -0.2) is 0 Å². The minimum absolute atomic E-state index is 0.158. The Morgan fingerprint density at radius 2 is 1.80 bits per heavy atom. The monoisotopic (exact) mass is 211 g/mol. The first-order chi connectivity index (χ1) is 6.72. The minimum Gasteiger partial charge on any atom is -0.330 e. The number of hydrogen-bond acceptors (Lipinski definition) is 3. The van der Waals surface area contributed by atoms with E-state index >= 15 is 0 Å². The van der Waals surface area contributed by atoms with E-state index in [9.17, 15) is 0 Å². The molecular formula is C12H25N3. The Morgan fingerprint density at radius 3 is 2.20 bits per heavy atom. The van der Waals surface area contributed by atoms with E-state index < -0.39 is 0 Å². The molecule has 0 atom stereocenters. The molecule has 88 valence electrons. The van der Waals surface area contributed by atoms with Crippen LogP contribution in [0.25, 0.3) is 0 Å². The summed E-state index contributed by atoms with van der Waals surface area (Å²) in [5, 5.41) is 8.90. The van der Waals surface area contributed by atoms with Crippen molar-refractivity contribution in [2.45, 2.75) is 34.1 Å². The average molecular weight is 211 g/mol. The number of rotatable bonds is 6. The van der Waals surface area contributed by atoms with E-state index in [0.29, 0.717) is 6.54 Å². The summed E-state index contributed by atoms with van der Waals surface area (Å²) in [6.45, 7) is 10.9. The summed E-state index contributed by atoms with van der Waals surface area (Å²) in [6.07, 6.45) is 0.903. The number of nitriles is 1. The maximum absolute atomic E-state index is 8.90. The maximum Gasteiger partial charge on any atom is 0.0684 e. The van der Waals surface area contributed by atoms with Crippen molar-refractivity contribution in [2.75, 3.05) is 26.7 Å². The van der Waals surface area contributed by atoms with Crippen LogP contribution in [0.3, 0.4) is 0 Å². The van der Waals surface area contributed by atoms with Crippen LogP contribution in [0.4, 0.5) is 0 Å². The summed E-state index contributed by atoms with van der Waals surface area (Å²) in [7, 11) is 2.09. The van der Waals surface area contributed by atoms with Crippen molar-refractivity contribution in [2.24, 2.45) is 16.6 Å². The fourth-order valence-electron chi connectivity index (χ4n) is 1.40. The van der Waals surface area contributed by atoms with Crippen LogP contribution in [0, 0.1) is 22.2 Å². The topological polar surface area (TPSA) is 53.0 Å². The Bertz CT molecular complexity index is 226. The molecule has 0 radical (unpaired) electrons. The number of hydrogen-bond donors (Lipinski definition) is 1. The van der Waals surface area contributed by atoms with Gasteiger partial charge in [0.2, 0.25) is 0 Å². The molecule has 0 aliphatic carbocycles. The number of nitrogens with zero attached hydrogens (tertiary/aromatic N) is 2. The predicted octanol–water partition coefficient (Wildman–Crippen LogP) is 1.84. The van der Waals surface area contributed by atoms with Crippen LogP contribution in [-0.4, -0.2) is 31.6 Å². The molecule has 3 heteroatoms. The van der Waals surface area contributed by atoms with Crippen molar-refractivity contribution < 1.29 is 0 Å². The molecule has 0 rings (SSSR count). The zero-order valence-electron chi connectivity index (χ0n) is 10.8. The second kappa shape index (κ2) is 5.48. The van der Waals surface area contributed by atoms with Crippen LogP contribution in [0.1, 0.15) is 34.1 Å². The highest BCUT2D eigenvalue weighted by atomic mass is 15.1. The minimum atomic E-state index is -0.221. The van der Waals surface area contributed by atoms with E-state index in [-0.39, 0.29) is 10.8 Å². The van der Waals surface area contributed by atoms with Crippen LogP contribution >= 0.6 is 0 Å². The maximum atomic E-state index is 8.90. The Morgan fingerprint density at radius 1 is 1.27 bits per heavy atom. The van der Waals surface area contributed by atoms with Crippen LogP contribution in [0.2, 0.25) is 0 Å². The summed E-state index contributed by atoms with van der Waals surface area (Å²) >= 11 is 0. The molecule has 0 unspecified atom stereocenters. The van der Waals surface area contributed by atoms with Gasteiger partial charge >= 0.3 is 0 Å². The molecule has 15 heavy (non-hydrogen) atoms.